The Labute approximate surface area is 156 Å². The van der Waals surface area contributed by atoms with E-state index in [1.54, 1.807) is 38.1 Å². The molecule has 0 aliphatic rings. The number of aromatic carboxylic acids is 1. The Morgan fingerprint density at radius 3 is 2.42 bits per heavy atom. The van der Waals surface area contributed by atoms with E-state index in [1.165, 1.54) is 12.1 Å². The number of amides is 1. The Balaban J connectivity index is 2.14. The van der Waals surface area contributed by atoms with Crippen LogP contribution < -0.4 is 10.6 Å². The van der Waals surface area contributed by atoms with Crippen molar-refractivity contribution in [1.29, 1.82) is 0 Å². The van der Waals surface area contributed by atoms with Crippen LogP contribution in [-0.2, 0) is 4.79 Å². The Hall–Kier alpha value is -2.86. The number of halogens is 1. The van der Waals surface area contributed by atoms with Gasteiger partial charge >= 0.3 is 5.97 Å². The Morgan fingerprint density at radius 1 is 1.08 bits per heavy atom. The van der Waals surface area contributed by atoms with Crippen molar-refractivity contribution in [3.8, 4) is 0 Å². The van der Waals surface area contributed by atoms with E-state index >= 15 is 0 Å². The number of aryl methyl sites for hydroxylation is 1. The van der Waals surface area contributed by atoms with Crippen LogP contribution in [0.3, 0.4) is 0 Å². The van der Waals surface area contributed by atoms with Gasteiger partial charge in [0.25, 0.3) is 0 Å². The van der Waals surface area contributed by atoms with Crippen LogP contribution in [0.4, 0.5) is 11.4 Å². The first-order chi connectivity index (χ1) is 12.3. The van der Waals surface area contributed by atoms with Crippen LogP contribution in [0.5, 0.6) is 0 Å². The molecule has 7 heteroatoms. The number of ketones is 1. The number of carboxylic acids is 1. The van der Waals surface area contributed by atoms with E-state index < -0.39 is 11.9 Å². The van der Waals surface area contributed by atoms with Crippen LogP contribution >= 0.6 is 11.6 Å². The molecular formula is C19H19ClN2O4. The molecule has 3 N–H and O–H groups in total. The number of hydrogen-bond acceptors (Lipinski definition) is 4. The van der Waals surface area contributed by atoms with E-state index in [9.17, 15) is 14.4 Å². The van der Waals surface area contributed by atoms with Crippen LogP contribution in [0.2, 0.25) is 5.02 Å². The summed E-state index contributed by atoms with van der Waals surface area (Å²) in [7, 11) is 0. The van der Waals surface area contributed by atoms with Crippen molar-refractivity contribution in [1.82, 2.24) is 0 Å². The lowest BCUT2D eigenvalue weighted by molar-refractivity contribution is -0.114. The second-order valence-corrected chi connectivity index (χ2v) is 6.08. The lowest BCUT2D eigenvalue weighted by Crippen LogP contribution is -2.23. The number of Topliss-reactive ketones (excluding diaryl/α,β-unsaturated/α-hetero) is 1. The van der Waals surface area contributed by atoms with Crippen LogP contribution in [0.15, 0.2) is 36.4 Å². The predicted molar refractivity (Wildman–Crippen MR) is 101 cm³/mol. The molecule has 26 heavy (non-hydrogen) atoms. The van der Waals surface area contributed by atoms with Crippen LogP contribution in [-0.4, -0.2) is 29.3 Å². The third-order valence-electron chi connectivity index (χ3n) is 3.79. The molecule has 0 spiro atoms. The SMILES string of the molecule is CCC(=O)c1cc(C)c(Cl)cc1NCC(=O)Nc1ccccc1C(=O)O. The average molecular weight is 375 g/mol. The first-order valence-corrected chi connectivity index (χ1v) is 8.40. The summed E-state index contributed by atoms with van der Waals surface area (Å²) in [6.45, 7) is 3.41. The fraction of sp³-hybridized carbons (Fsp3) is 0.211. The zero-order valence-electron chi connectivity index (χ0n) is 14.4. The molecule has 0 saturated heterocycles. The molecule has 6 nitrogen and oxygen atoms in total. The maximum atomic E-state index is 12.2. The van der Waals surface area contributed by atoms with Crippen molar-refractivity contribution in [2.24, 2.45) is 0 Å². The summed E-state index contributed by atoms with van der Waals surface area (Å²) in [6, 6.07) is 9.42. The van der Waals surface area contributed by atoms with Gasteiger partial charge in [0.15, 0.2) is 5.78 Å². The second-order valence-electron chi connectivity index (χ2n) is 5.68. The topological polar surface area (TPSA) is 95.5 Å². The summed E-state index contributed by atoms with van der Waals surface area (Å²) in [4.78, 5) is 35.5. The highest BCUT2D eigenvalue weighted by Crippen LogP contribution is 2.26. The lowest BCUT2D eigenvalue weighted by Gasteiger charge is -2.14. The molecule has 0 bridgehead atoms. The zero-order valence-corrected chi connectivity index (χ0v) is 15.2. The first-order valence-electron chi connectivity index (χ1n) is 8.02. The van der Waals surface area contributed by atoms with Crippen molar-refractivity contribution in [2.75, 3.05) is 17.2 Å². The maximum Gasteiger partial charge on any atom is 0.337 e. The minimum Gasteiger partial charge on any atom is -0.478 e. The minimum absolute atomic E-state index is 0.00100. The molecular weight excluding hydrogens is 356 g/mol. The maximum absolute atomic E-state index is 12.2. The largest absolute Gasteiger partial charge is 0.478 e. The number of carbonyl (C=O) groups excluding carboxylic acids is 2. The molecule has 0 heterocycles. The number of para-hydroxylation sites is 1. The Kier molecular flexibility index (Phi) is 6.36. The summed E-state index contributed by atoms with van der Waals surface area (Å²) >= 11 is 6.12. The van der Waals surface area contributed by atoms with E-state index in [2.05, 4.69) is 10.6 Å². The predicted octanol–water partition coefficient (Wildman–Crippen LogP) is 3.99. The van der Waals surface area contributed by atoms with Crippen molar-refractivity contribution in [3.05, 3.63) is 58.1 Å². The number of benzene rings is 2. The van der Waals surface area contributed by atoms with Crippen molar-refractivity contribution >= 4 is 40.6 Å². The smallest absolute Gasteiger partial charge is 0.337 e. The molecule has 2 aromatic rings. The molecule has 2 aromatic carbocycles. The van der Waals surface area contributed by atoms with Gasteiger partial charge in [-0.3, -0.25) is 9.59 Å². The van der Waals surface area contributed by atoms with Gasteiger partial charge in [0.1, 0.15) is 0 Å². The van der Waals surface area contributed by atoms with E-state index in [0.29, 0.717) is 22.7 Å². The standard InChI is InChI=1S/C19H19ClN2O4/c1-3-17(23)13-8-11(2)14(20)9-16(13)21-10-18(24)22-15-7-5-4-6-12(15)19(25)26/h4-9,21H,3,10H2,1-2H3,(H,22,24)(H,25,26). The third-order valence-corrected chi connectivity index (χ3v) is 4.20. The van der Waals surface area contributed by atoms with Gasteiger partial charge in [-0.25, -0.2) is 4.79 Å². The normalized spacial score (nSPS) is 10.3. The van der Waals surface area contributed by atoms with Gasteiger partial charge < -0.3 is 15.7 Å². The summed E-state index contributed by atoms with van der Waals surface area (Å²) < 4.78 is 0. The van der Waals surface area contributed by atoms with Gasteiger partial charge in [0, 0.05) is 22.7 Å². The van der Waals surface area contributed by atoms with Gasteiger partial charge in [0.2, 0.25) is 5.91 Å². The Bertz CT molecular complexity index is 865. The number of carbonyl (C=O) groups is 3. The summed E-state index contributed by atoms with van der Waals surface area (Å²) in [5.41, 5.74) is 1.91. The highest BCUT2D eigenvalue weighted by atomic mass is 35.5. The van der Waals surface area contributed by atoms with Crippen molar-refractivity contribution < 1.29 is 19.5 Å². The van der Waals surface area contributed by atoms with E-state index in [-0.39, 0.29) is 23.6 Å². The quantitative estimate of drug-likeness (QED) is 0.637. The van der Waals surface area contributed by atoms with Gasteiger partial charge in [-0.15, -0.1) is 0 Å². The van der Waals surface area contributed by atoms with Gasteiger partial charge in [0.05, 0.1) is 17.8 Å². The molecule has 0 fully saturated rings. The summed E-state index contributed by atoms with van der Waals surface area (Å²) in [5.74, 6) is -1.64. The number of nitrogens with one attached hydrogen (secondary N) is 2. The van der Waals surface area contributed by atoms with Gasteiger partial charge in [-0.05, 0) is 36.8 Å². The van der Waals surface area contributed by atoms with Gasteiger partial charge in [-0.1, -0.05) is 30.7 Å². The number of carboxylic acid groups (broad SMARTS) is 1. The zero-order chi connectivity index (χ0) is 19.3. The molecule has 0 atom stereocenters. The minimum atomic E-state index is -1.13. The molecule has 1 amide bonds. The fourth-order valence-corrected chi connectivity index (χ4v) is 2.56. The monoisotopic (exact) mass is 374 g/mol. The van der Waals surface area contributed by atoms with Crippen LogP contribution in [0.25, 0.3) is 0 Å². The fourth-order valence-electron chi connectivity index (χ4n) is 2.40. The lowest BCUT2D eigenvalue weighted by atomic mass is 10.0. The molecule has 0 aromatic heterocycles. The van der Waals surface area contributed by atoms with E-state index in [4.69, 9.17) is 16.7 Å². The molecule has 0 saturated carbocycles. The number of anilines is 2. The molecule has 136 valence electrons. The Morgan fingerprint density at radius 2 is 1.77 bits per heavy atom. The van der Waals surface area contributed by atoms with E-state index in [1.807, 2.05) is 0 Å². The number of hydrogen-bond donors (Lipinski definition) is 3. The second kappa shape index (κ2) is 8.49. The molecule has 0 aliphatic carbocycles. The van der Waals surface area contributed by atoms with Crippen LogP contribution in [0.1, 0.15) is 39.6 Å². The van der Waals surface area contributed by atoms with Crippen molar-refractivity contribution in [2.45, 2.75) is 20.3 Å². The van der Waals surface area contributed by atoms with E-state index in [0.717, 1.165) is 5.56 Å². The molecule has 0 radical (unpaired) electrons. The molecule has 0 aliphatic heterocycles. The highest BCUT2D eigenvalue weighted by Gasteiger charge is 2.15. The highest BCUT2D eigenvalue weighted by molar-refractivity contribution is 6.32. The van der Waals surface area contributed by atoms with Crippen LogP contribution in [0, 0.1) is 6.92 Å². The molecule has 2 rings (SSSR count). The number of rotatable bonds is 7. The molecule has 0 unspecified atom stereocenters. The first kappa shape index (κ1) is 19.5. The van der Waals surface area contributed by atoms with Gasteiger partial charge in [-0.2, -0.15) is 0 Å². The third kappa shape index (κ3) is 4.61. The summed E-state index contributed by atoms with van der Waals surface area (Å²) in [6.07, 6.45) is 0.327. The summed E-state index contributed by atoms with van der Waals surface area (Å²) in [5, 5.41) is 15.1. The van der Waals surface area contributed by atoms with Crippen molar-refractivity contribution in [3.63, 3.8) is 0 Å². The average Bonchev–Trinajstić information content (AvgIpc) is 2.62.